The van der Waals surface area contributed by atoms with Crippen LogP contribution in [0.2, 0.25) is 0 Å². The third-order valence-electron chi connectivity index (χ3n) is 4.02. The molecule has 1 aromatic rings. The van der Waals surface area contributed by atoms with Gasteiger partial charge in [-0.05, 0) is 53.8 Å². The van der Waals surface area contributed by atoms with E-state index >= 15 is 0 Å². The molecule has 1 saturated heterocycles. The number of ether oxygens (including phenoxy) is 1. The van der Waals surface area contributed by atoms with Gasteiger partial charge in [0, 0.05) is 9.26 Å². The first-order valence-corrected chi connectivity index (χ1v) is 7.65. The molecule has 0 saturated carbocycles. The minimum Gasteiger partial charge on any atom is -0.481 e. The Labute approximate surface area is 135 Å². The van der Waals surface area contributed by atoms with Crippen LogP contribution in [0.3, 0.4) is 0 Å². The second-order valence-electron chi connectivity index (χ2n) is 5.46. The first-order valence-electron chi connectivity index (χ1n) is 6.57. The van der Waals surface area contributed by atoms with Crippen LogP contribution < -0.4 is 5.32 Å². The number of anilines is 1. The molecular weight excluding hydrogens is 385 g/mol. The zero-order valence-corrected chi connectivity index (χ0v) is 13.4. The van der Waals surface area contributed by atoms with Crippen LogP contribution in [0.15, 0.2) is 36.4 Å². The lowest BCUT2D eigenvalue weighted by Crippen LogP contribution is -2.44. The monoisotopic (exact) mass is 399 g/mol. The first kappa shape index (κ1) is 14.5. The Bertz CT molecular complexity index is 627. The van der Waals surface area contributed by atoms with Gasteiger partial charge in [-0.3, -0.25) is 9.59 Å². The van der Waals surface area contributed by atoms with Gasteiger partial charge in [-0.2, -0.15) is 0 Å². The number of carboxylic acid groups (broad SMARTS) is 1. The van der Waals surface area contributed by atoms with Crippen molar-refractivity contribution in [2.75, 3.05) is 5.32 Å². The number of hydrogen-bond acceptors (Lipinski definition) is 3. The Morgan fingerprint density at radius 2 is 2.00 bits per heavy atom. The highest BCUT2D eigenvalue weighted by molar-refractivity contribution is 14.1. The summed E-state index contributed by atoms with van der Waals surface area (Å²) >= 11 is 2.18. The SMILES string of the molecule is C[C@@]12C=C[C@@H](O1)[C@H](C(=O)O)[C@@H]2C(=O)Nc1ccc(I)cc1. The van der Waals surface area contributed by atoms with Gasteiger partial charge in [0.05, 0.1) is 17.6 Å². The molecule has 1 amide bonds. The number of halogens is 1. The summed E-state index contributed by atoms with van der Waals surface area (Å²) in [4.78, 5) is 24.0. The van der Waals surface area contributed by atoms with Gasteiger partial charge in [0.1, 0.15) is 5.92 Å². The zero-order valence-electron chi connectivity index (χ0n) is 11.2. The summed E-state index contributed by atoms with van der Waals surface area (Å²) in [5, 5.41) is 12.2. The van der Waals surface area contributed by atoms with Crippen molar-refractivity contribution in [3.05, 3.63) is 40.0 Å². The van der Waals surface area contributed by atoms with E-state index in [0.29, 0.717) is 5.69 Å². The van der Waals surface area contributed by atoms with E-state index in [2.05, 4.69) is 27.9 Å². The zero-order chi connectivity index (χ0) is 15.2. The Morgan fingerprint density at radius 3 is 2.62 bits per heavy atom. The molecular formula is C15H14INO4. The average molecular weight is 399 g/mol. The summed E-state index contributed by atoms with van der Waals surface area (Å²) in [6.07, 6.45) is 2.99. The number of fused-ring (bicyclic) bond motifs is 2. The van der Waals surface area contributed by atoms with E-state index in [-0.39, 0.29) is 5.91 Å². The molecule has 21 heavy (non-hydrogen) atoms. The van der Waals surface area contributed by atoms with Gasteiger partial charge in [0.15, 0.2) is 0 Å². The number of carboxylic acids is 1. The van der Waals surface area contributed by atoms with E-state index in [0.717, 1.165) is 3.57 Å². The van der Waals surface area contributed by atoms with Gasteiger partial charge in [-0.15, -0.1) is 0 Å². The number of nitrogens with one attached hydrogen (secondary N) is 1. The van der Waals surface area contributed by atoms with Gasteiger partial charge in [0.25, 0.3) is 0 Å². The summed E-state index contributed by atoms with van der Waals surface area (Å²) in [5.74, 6) is -2.90. The largest absolute Gasteiger partial charge is 0.481 e. The fourth-order valence-electron chi connectivity index (χ4n) is 3.03. The molecule has 2 bridgehead atoms. The van der Waals surface area contributed by atoms with Crippen LogP contribution in [-0.2, 0) is 14.3 Å². The molecule has 3 rings (SSSR count). The summed E-state index contributed by atoms with van der Waals surface area (Å²) in [7, 11) is 0. The summed E-state index contributed by atoms with van der Waals surface area (Å²) in [6, 6.07) is 7.34. The molecule has 0 aromatic heterocycles. The molecule has 0 radical (unpaired) electrons. The molecule has 2 N–H and O–H groups in total. The van der Waals surface area contributed by atoms with Gasteiger partial charge < -0.3 is 15.2 Å². The Morgan fingerprint density at radius 1 is 1.33 bits per heavy atom. The lowest BCUT2D eigenvalue weighted by atomic mass is 9.75. The fourth-order valence-corrected chi connectivity index (χ4v) is 3.39. The molecule has 0 unspecified atom stereocenters. The van der Waals surface area contributed by atoms with Crippen LogP contribution in [0.4, 0.5) is 5.69 Å². The highest BCUT2D eigenvalue weighted by Crippen LogP contribution is 2.47. The summed E-state index contributed by atoms with van der Waals surface area (Å²) in [6.45, 7) is 1.75. The van der Waals surface area contributed by atoms with Crippen LogP contribution in [0.5, 0.6) is 0 Å². The van der Waals surface area contributed by atoms with Crippen molar-refractivity contribution in [3.8, 4) is 0 Å². The van der Waals surface area contributed by atoms with Crippen LogP contribution in [0, 0.1) is 15.4 Å². The van der Waals surface area contributed by atoms with Gasteiger partial charge in [-0.25, -0.2) is 0 Å². The van der Waals surface area contributed by atoms with Crippen molar-refractivity contribution in [2.24, 2.45) is 11.8 Å². The maximum atomic E-state index is 12.5. The van der Waals surface area contributed by atoms with E-state index in [9.17, 15) is 14.7 Å². The molecule has 5 nitrogen and oxygen atoms in total. The summed E-state index contributed by atoms with van der Waals surface area (Å²) < 4.78 is 6.73. The minimum atomic E-state index is -1.00. The maximum Gasteiger partial charge on any atom is 0.310 e. The fraction of sp³-hybridized carbons (Fsp3) is 0.333. The van der Waals surface area contributed by atoms with Crippen LogP contribution in [-0.4, -0.2) is 28.7 Å². The molecule has 1 fully saturated rings. The molecule has 0 aliphatic carbocycles. The predicted octanol–water partition coefficient (Wildman–Crippen LogP) is 2.27. The van der Waals surface area contributed by atoms with E-state index in [1.54, 1.807) is 31.2 Å². The Hall–Kier alpha value is -1.41. The van der Waals surface area contributed by atoms with E-state index in [1.807, 2.05) is 12.1 Å². The number of hydrogen-bond donors (Lipinski definition) is 2. The van der Waals surface area contributed by atoms with Crippen molar-refractivity contribution >= 4 is 40.2 Å². The highest BCUT2D eigenvalue weighted by atomic mass is 127. The van der Waals surface area contributed by atoms with Crippen LogP contribution in [0.25, 0.3) is 0 Å². The number of aliphatic carboxylic acids is 1. The molecule has 6 heteroatoms. The topological polar surface area (TPSA) is 75.6 Å². The number of rotatable bonds is 3. The van der Waals surface area contributed by atoms with Crippen molar-refractivity contribution in [1.29, 1.82) is 0 Å². The maximum absolute atomic E-state index is 12.5. The third-order valence-corrected chi connectivity index (χ3v) is 4.74. The van der Waals surface area contributed by atoms with Crippen molar-refractivity contribution < 1.29 is 19.4 Å². The second kappa shape index (κ2) is 5.10. The lowest BCUT2D eigenvalue weighted by Gasteiger charge is -2.27. The molecule has 2 heterocycles. The third kappa shape index (κ3) is 2.46. The lowest BCUT2D eigenvalue weighted by molar-refractivity contribution is -0.146. The Balaban J connectivity index is 1.84. The molecule has 2 aliphatic heterocycles. The van der Waals surface area contributed by atoms with Gasteiger partial charge in [-0.1, -0.05) is 12.2 Å². The molecule has 1 aromatic carbocycles. The molecule has 4 atom stereocenters. The number of amides is 1. The number of carbonyl (C=O) groups excluding carboxylic acids is 1. The van der Waals surface area contributed by atoms with E-state index < -0.39 is 29.5 Å². The van der Waals surface area contributed by atoms with Crippen molar-refractivity contribution in [1.82, 2.24) is 0 Å². The highest BCUT2D eigenvalue weighted by Gasteiger charge is 2.59. The van der Waals surface area contributed by atoms with E-state index in [1.165, 1.54) is 0 Å². The minimum absolute atomic E-state index is 0.321. The second-order valence-corrected chi connectivity index (χ2v) is 6.71. The van der Waals surface area contributed by atoms with Crippen LogP contribution >= 0.6 is 22.6 Å². The molecule has 2 aliphatic rings. The molecule has 0 spiro atoms. The predicted molar refractivity (Wildman–Crippen MR) is 84.8 cm³/mol. The van der Waals surface area contributed by atoms with Crippen molar-refractivity contribution in [3.63, 3.8) is 0 Å². The van der Waals surface area contributed by atoms with Crippen molar-refractivity contribution in [2.45, 2.75) is 18.6 Å². The van der Waals surface area contributed by atoms with E-state index in [4.69, 9.17) is 4.74 Å². The number of carbonyl (C=O) groups is 2. The Kier molecular flexibility index (Phi) is 3.53. The van der Waals surface area contributed by atoms with Crippen LogP contribution in [0.1, 0.15) is 6.92 Å². The quantitative estimate of drug-likeness (QED) is 0.604. The smallest absolute Gasteiger partial charge is 0.310 e. The molecule has 110 valence electrons. The standard InChI is InChI=1S/C15H14INO4/c1-15-7-6-10(21-15)11(14(19)20)12(15)13(18)17-9-4-2-8(16)3-5-9/h2-7,10-12H,1H3,(H,17,18)(H,19,20)/t10-,11+,12-,15+/m1/s1. The first-order chi connectivity index (χ1) is 9.90. The van der Waals surface area contributed by atoms with Gasteiger partial charge in [0.2, 0.25) is 5.91 Å². The summed E-state index contributed by atoms with van der Waals surface area (Å²) in [5.41, 5.74) is -0.194. The normalized spacial score (nSPS) is 33.1. The number of benzene rings is 1. The van der Waals surface area contributed by atoms with Gasteiger partial charge >= 0.3 is 5.97 Å². The average Bonchev–Trinajstić information content (AvgIpc) is 2.94.